The van der Waals surface area contributed by atoms with Gasteiger partial charge in [0.1, 0.15) is 5.75 Å². The number of nitrogens with two attached hydrogens (primary N) is 1. The molecule has 3 rings (SSSR count). The Balaban J connectivity index is 1.83. The molecule has 1 amide bonds. The number of amides is 1. The molecule has 2 aromatic carbocycles. The zero-order valence-corrected chi connectivity index (χ0v) is 12.9. The van der Waals surface area contributed by atoms with Crippen molar-refractivity contribution in [2.75, 3.05) is 20.2 Å². The third kappa shape index (κ3) is 2.92. The molecule has 0 atom stereocenters. The monoisotopic (exact) mass is 298 g/mol. The summed E-state index contributed by atoms with van der Waals surface area (Å²) < 4.78 is 5.55. The van der Waals surface area contributed by atoms with Crippen LogP contribution in [0.15, 0.2) is 36.4 Å². The Morgan fingerprint density at radius 1 is 1.23 bits per heavy atom. The fraction of sp³-hybridized carbons (Fsp3) is 0.389. The van der Waals surface area contributed by atoms with Crippen LogP contribution in [0.4, 0.5) is 0 Å². The Morgan fingerprint density at radius 2 is 1.95 bits per heavy atom. The van der Waals surface area contributed by atoms with E-state index >= 15 is 0 Å². The lowest BCUT2D eigenvalue weighted by Gasteiger charge is -2.31. The van der Waals surface area contributed by atoms with Crippen LogP contribution >= 0.6 is 0 Å². The first-order valence-electron chi connectivity index (χ1n) is 7.75. The fourth-order valence-electron chi connectivity index (χ4n) is 3.27. The van der Waals surface area contributed by atoms with E-state index < -0.39 is 0 Å². The fourth-order valence-corrected chi connectivity index (χ4v) is 3.27. The molecule has 1 fully saturated rings. The molecule has 22 heavy (non-hydrogen) atoms. The Labute approximate surface area is 130 Å². The topological polar surface area (TPSA) is 55.6 Å². The molecule has 4 nitrogen and oxygen atoms in total. The molecule has 1 aliphatic rings. The molecule has 0 bridgehead atoms. The Hall–Kier alpha value is -2.07. The van der Waals surface area contributed by atoms with Crippen molar-refractivity contribution in [1.82, 2.24) is 4.90 Å². The van der Waals surface area contributed by atoms with E-state index in [0.717, 1.165) is 38.2 Å². The zero-order valence-electron chi connectivity index (χ0n) is 12.9. The highest BCUT2D eigenvalue weighted by Gasteiger charge is 2.24. The molecule has 1 aliphatic heterocycles. The van der Waals surface area contributed by atoms with Crippen molar-refractivity contribution in [2.45, 2.75) is 19.4 Å². The van der Waals surface area contributed by atoms with Crippen LogP contribution in [0.1, 0.15) is 18.4 Å². The van der Waals surface area contributed by atoms with Gasteiger partial charge in [-0.05, 0) is 42.8 Å². The first kappa shape index (κ1) is 14.9. The van der Waals surface area contributed by atoms with Crippen LogP contribution in [-0.2, 0) is 11.3 Å². The van der Waals surface area contributed by atoms with E-state index in [0.29, 0.717) is 0 Å². The van der Waals surface area contributed by atoms with E-state index in [-0.39, 0.29) is 11.8 Å². The van der Waals surface area contributed by atoms with E-state index in [1.165, 1.54) is 16.3 Å². The lowest BCUT2D eigenvalue weighted by atomic mass is 9.95. The van der Waals surface area contributed by atoms with E-state index in [4.69, 9.17) is 10.5 Å². The maximum atomic E-state index is 11.3. The van der Waals surface area contributed by atoms with Gasteiger partial charge >= 0.3 is 0 Å². The number of likely N-dealkylation sites (tertiary alicyclic amines) is 1. The van der Waals surface area contributed by atoms with Crippen LogP contribution in [0, 0.1) is 5.92 Å². The van der Waals surface area contributed by atoms with E-state index in [1.54, 1.807) is 7.11 Å². The van der Waals surface area contributed by atoms with Gasteiger partial charge in [-0.2, -0.15) is 0 Å². The number of piperidine rings is 1. The van der Waals surface area contributed by atoms with Gasteiger partial charge in [0.25, 0.3) is 0 Å². The molecule has 1 heterocycles. The molecule has 0 radical (unpaired) electrons. The number of hydrogen-bond donors (Lipinski definition) is 1. The summed E-state index contributed by atoms with van der Waals surface area (Å²) in [7, 11) is 1.72. The summed E-state index contributed by atoms with van der Waals surface area (Å²) >= 11 is 0. The maximum Gasteiger partial charge on any atom is 0.220 e. The van der Waals surface area contributed by atoms with Crippen LogP contribution in [0.5, 0.6) is 5.75 Å². The lowest BCUT2D eigenvalue weighted by Crippen LogP contribution is -2.38. The summed E-state index contributed by atoms with van der Waals surface area (Å²) in [4.78, 5) is 13.7. The van der Waals surface area contributed by atoms with Gasteiger partial charge < -0.3 is 10.5 Å². The first-order valence-corrected chi connectivity index (χ1v) is 7.75. The van der Waals surface area contributed by atoms with Crippen molar-refractivity contribution in [1.29, 1.82) is 0 Å². The van der Waals surface area contributed by atoms with Gasteiger partial charge in [-0.15, -0.1) is 0 Å². The molecule has 1 saturated heterocycles. The quantitative estimate of drug-likeness (QED) is 0.943. The third-order valence-corrected chi connectivity index (χ3v) is 4.59. The predicted octanol–water partition coefficient (Wildman–Crippen LogP) is 2.55. The maximum absolute atomic E-state index is 11.3. The van der Waals surface area contributed by atoms with Gasteiger partial charge in [-0.25, -0.2) is 0 Å². The molecule has 0 unspecified atom stereocenters. The van der Waals surface area contributed by atoms with E-state index in [9.17, 15) is 4.79 Å². The van der Waals surface area contributed by atoms with Gasteiger partial charge in [0, 0.05) is 18.0 Å². The predicted molar refractivity (Wildman–Crippen MR) is 87.7 cm³/mol. The Morgan fingerprint density at radius 3 is 2.64 bits per heavy atom. The van der Waals surface area contributed by atoms with E-state index in [2.05, 4.69) is 35.2 Å². The SMILES string of the molecule is COc1ccc2ccccc2c1CN1CCC(C(N)=O)CC1. The summed E-state index contributed by atoms with van der Waals surface area (Å²) in [5.74, 6) is 0.795. The number of hydrogen-bond acceptors (Lipinski definition) is 3. The smallest absolute Gasteiger partial charge is 0.220 e. The van der Waals surface area contributed by atoms with Crippen molar-refractivity contribution in [3.8, 4) is 5.75 Å². The molecule has 0 spiro atoms. The second-order valence-electron chi connectivity index (χ2n) is 5.92. The summed E-state index contributed by atoms with van der Waals surface area (Å²) in [6.45, 7) is 2.65. The van der Waals surface area contributed by atoms with Crippen LogP contribution in [-0.4, -0.2) is 31.0 Å². The number of methoxy groups -OCH3 is 1. The molecule has 2 aromatic rings. The second kappa shape index (κ2) is 6.36. The molecule has 0 aromatic heterocycles. The number of carbonyl (C=O) groups excluding carboxylic acids is 1. The number of ether oxygens (including phenoxy) is 1. The highest BCUT2D eigenvalue weighted by Crippen LogP contribution is 2.30. The van der Waals surface area contributed by atoms with Crippen molar-refractivity contribution in [3.63, 3.8) is 0 Å². The molecule has 116 valence electrons. The third-order valence-electron chi connectivity index (χ3n) is 4.59. The van der Waals surface area contributed by atoms with E-state index in [1.807, 2.05) is 6.07 Å². The van der Waals surface area contributed by atoms with Crippen molar-refractivity contribution in [2.24, 2.45) is 11.7 Å². The van der Waals surface area contributed by atoms with Gasteiger partial charge in [-0.3, -0.25) is 9.69 Å². The highest BCUT2D eigenvalue weighted by atomic mass is 16.5. The van der Waals surface area contributed by atoms with Gasteiger partial charge in [0.15, 0.2) is 0 Å². The van der Waals surface area contributed by atoms with Crippen LogP contribution in [0.3, 0.4) is 0 Å². The van der Waals surface area contributed by atoms with Crippen LogP contribution in [0.25, 0.3) is 10.8 Å². The largest absolute Gasteiger partial charge is 0.496 e. The average Bonchev–Trinajstić information content (AvgIpc) is 2.55. The number of rotatable bonds is 4. The second-order valence-corrected chi connectivity index (χ2v) is 5.92. The minimum Gasteiger partial charge on any atom is -0.496 e. The lowest BCUT2D eigenvalue weighted by molar-refractivity contribution is -0.123. The first-order chi connectivity index (χ1) is 10.7. The van der Waals surface area contributed by atoms with Crippen molar-refractivity contribution >= 4 is 16.7 Å². The molecule has 0 aliphatic carbocycles. The molecule has 0 saturated carbocycles. The summed E-state index contributed by atoms with van der Waals surface area (Å²) in [5, 5.41) is 2.46. The minimum atomic E-state index is -0.164. The number of nitrogens with zero attached hydrogens (tertiary/aromatic N) is 1. The summed E-state index contributed by atoms with van der Waals surface area (Å²) in [5.41, 5.74) is 6.63. The molecule has 2 N–H and O–H groups in total. The number of carbonyl (C=O) groups is 1. The minimum absolute atomic E-state index is 0.0330. The highest BCUT2D eigenvalue weighted by molar-refractivity contribution is 5.87. The number of fused-ring (bicyclic) bond motifs is 1. The van der Waals surface area contributed by atoms with Crippen molar-refractivity contribution < 1.29 is 9.53 Å². The van der Waals surface area contributed by atoms with Crippen LogP contribution < -0.4 is 10.5 Å². The normalized spacial score (nSPS) is 16.8. The average molecular weight is 298 g/mol. The zero-order chi connectivity index (χ0) is 15.5. The number of primary amides is 1. The standard InChI is InChI=1S/C18H22N2O2/c1-22-17-7-6-13-4-2-3-5-15(13)16(17)12-20-10-8-14(9-11-20)18(19)21/h2-7,14H,8-12H2,1H3,(H2,19,21). The molecular weight excluding hydrogens is 276 g/mol. The molecular formula is C18H22N2O2. The summed E-state index contributed by atoms with van der Waals surface area (Å²) in [6, 6.07) is 12.5. The summed E-state index contributed by atoms with van der Waals surface area (Å²) in [6.07, 6.45) is 1.70. The van der Waals surface area contributed by atoms with Gasteiger partial charge in [-0.1, -0.05) is 30.3 Å². The van der Waals surface area contributed by atoms with Gasteiger partial charge in [0.05, 0.1) is 7.11 Å². The van der Waals surface area contributed by atoms with Crippen molar-refractivity contribution in [3.05, 3.63) is 42.0 Å². The van der Waals surface area contributed by atoms with Gasteiger partial charge in [0.2, 0.25) is 5.91 Å². The Kier molecular flexibility index (Phi) is 4.29. The number of benzene rings is 2. The molecule has 4 heteroatoms. The Bertz CT molecular complexity index is 676. The van der Waals surface area contributed by atoms with Crippen LogP contribution in [0.2, 0.25) is 0 Å².